The molecule has 1 aliphatic heterocycles. The number of amides is 1. The average Bonchev–Trinajstić information content (AvgIpc) is 3.21. The van der Waals surface area contributed by atoms with Crippen molar-refractivity contribution in [3.8, 4) is 0 Å². The fourth-order valence-electron chi connectivity index (χ4n) is 2.87. The van der Waals surface area contributed by atoms with E-state index >= 15 is 0 Å². The Labute approximate surface area is 139 Å². The Bertz CT molecular complexity index is 667. The first kappa shape index (κ1) is 16.1. The van der Waals surface area contributed by atoms with E-state index < -0.39 is 0 Å². The lowest BCUT2D eigenvalue weighted by Crippen LogP contribution is -2.39. The number of hydrogen-bond donors (Lipinski definition) is 0. The molecule has 2 aromatic heterocycles. The van der Waals surface area contributed by atoms with Crippen LogP contribution < -0.4 is 0 Å². The average molecular weight is 334 g/mol. The number of aryl methyl sites for hydroxylation is 3. The molecule has 0 aliphatic carbocycles. The third-order valence-corrected chi connectivity index (χ3v) is 5.22. The van der Waals surface area contributed by atoms with Crippen molar-refractivity contribution in [2.24, 2.45) is 0 Å². The van der Waals surface area contributed by atoms with Crippen molar-refractivity contribution < 1.29 is 9.32 Å². The number of aromatic nitrogens is 3. The highest BCUT2D eigenvalue weighted by atomic mass is 32.1. The monoisotopic (exact) mass is 334 g/mol. The van der Waals surface area contributed by atoms with E-state index in [1.807, 2.05) is 18.0 Å². The molecule has 2 aromatic rings. The Morgan fingerprint density at radius 3 is 3.09 bits per heavy atom. The Morgan fingerprint density at radius 1 is 1.52 bits per heavy atom. The highest BCUT2D eigenvalue weighted by molar-refractivity contribution is 7.11. The number of nitrogens with zero attached hydrogens (tertiary/aromatic N) is 4. The fourth-order valence-corrected chi connectivity index (χ4v) is 3.77. The van der Waals surface area contributed by atoms with Crippen molar-refractivity contribution >= 4 is 17.2 Å². The van der Waals surface area contributed by atoms with Gasteiger partial charge in [-0.3, -0.25) is 4.79 Å². The summed E-state index contributed by atoms with van der Waals surface area (Å²) in [6.07, 6.45) is 5.76. The van der Waals surface area contributed by atoms with Crippen LogP contribution in [0, 0.1) is 6.92 Å². The first-order valence-corrected chi connectivity index (χ1v) is 8.99. The molecule has 3 heterocycles. The molecule has 0 aromatic carbocycles. The van der Waals surface area contributed by atoms with Crippen LogP contribution in [0.2, 0.25) is 0 Å². The highest BCUT2D eigenvalue weighted by Gasteiger charge is 2.26. The van der Waals surface area contributed by atoms with Gasteiger partial charge in [-0.05, 0) is 19.8 Å². The molecule has 124 valence electrons. The van der Waals surface area contributed by atoms with Crippen LogP contribution in [0.3, 0.4) is 0 Å². The molecule has 23 heavy (non-hydrogen) atoms. The molecule has 0 radical (unpaired) electrons. The number of carbonyl (C=O) groups is 1. The van der Waals surface area contributed by atoms with Crippen molar-refractivity contribution in [1.29, 1.82) is 0 Å². The predicted octanol–water partition coefficient (Wildman–Crippen LogP) is 2.74. The highest BCUT2D eigenvalue weighted by Crippen LogP contribution is 2.30. The summed E-state index contributed by atoms with van der Waals surface area (Å²) in [5, 5.41) is 5.02. The van der Waals surface area contributed by atoms with Gasteiger partial charge in [0.25, 0.3) is 0 Å². The standard InChI is InChI=1S/C16H22N4O2S/c1-3-13-18-14(22-19-13)6-7-15(21)20-8-4-5-12(10-20)16-17-9-11(2)23-16/h9,12H,3-8,10H2,1-2H3/t12-/m1/s1. The quantitative estimate of drug-likeness (QED) is 0.840. The minimum Gasteiger partial charge on any atom is -0.342 e. The first-order chi connectivity index (χ1) is 11.2. The summed E-state index contributed by atoms with van der Waals surface area (Å²) in [6, 6.07) is 0. The zero-order valence-corrected chi connectivity index (χ0v) is 14.4. The summed E-state index contributed by atoms with van der Waals surface area (Å²) in [4.78, 5) is 24.4. The summed E-state index contributed by atoms with van der Waals surface area (Å²) >= 11 is 1.74. The maximum atomic E-state index is 12.4. The lowest BCUT2D eigenvalue weighted by Gasteiger charge is -2.31. The molecule has 0 saturated carbocycles. The lowest BCUT2D eigenvalue weighted by atomic mass is 9.98. The Balaban J connectivity index is 1.54. The van der Waals surface area contributed by atoms with E-state index in [0.717, 1.165) is 37.4 Å². The number of thiazole rings is 1. The van der Waals surface area contributed by atoms with Gasteiger partial charge in [0.2, 0.25) is 11.8 Å². The SMILES string of the molecule is CCc1noc(CCC(=O)N2CCC[C@@H](c3ncc(C)s3)C2)n1. The van der Waals surface area contributed by atoms with Crippen molar-refractivity contribution in [1.82, 2.24) is 20.0 Å². The second-order valence-corrected chi connectivity index (χ2v) is 7.21. The molecule has 7 heteroatoms. The largest absolute Gasteiger partial charge is 0.342 e. The minimum atomic E-state index is 0.166. The Hall–Kier alpha value is -1.76. The van der Waals surface area contributed by atoms with E-state index in [2.05, 4.69) is 22.0 Å². The van der Waals surface area contributed by atoms with Gasteiger partial charge in [-0.15, -0.1) is 11.3 Å². The molecule has 1 saturated heterocycles. The molecule has 0 bridgehead atoms. The van der Waals surface area contributed by atoms with E-state index in [0.29, 0.717) is 30.5 Å². The van der Waals surface area contributed by atoms with Crippen molar-refractivity contribution in [3.05, 3.63) is 27.8 Å². The van der Waals surface area contributed by atoms with Gasteiger partial charge in [0.15, 0.2) is 5.82 Å². The van der Waals surface area contributed by atoms with Crippen molar-refractivity contribution in [3.63, 3.8) is 0 Å². The predicted molar refractivity (Wildman–Crippen MR) is 87.4 cm³/mol. The van der Waals surface area contributed by atoms with Gasteiger partial charge in [-0.2, -0.15) is 4.98 Å². The van der Waals surface area contributed by atoms with Crippen LogP contribution >= 0.6 is 11.3 Å². The lowest BCUT2D eigenvalue weighted by molar-refractivity contribution is -0.132. The van der Waals surface area contributed by atoms with Crippen LogP contribution in [0.1, 0.15) is 53.7 Å². The second-order valence-electron chi connectivity index (χ2n) is 5.95. The van der Waals surface area contributed by atoms with Crippen LogP contribution in [-0.4, -0.2) is 39.0 Å². The number of piperidine rings is 1. The van der Waals surface area contributed by atoms with Gasteiger partial charge in [-0.1, -0.05) is 12.1 Å². The molecule has 1 amide bonds. The van der Waals surface area contributed by atoms with Crippen LogP contribution in [0.15, 0.2) is 10.7 Å². The number of hydrogen-bond acceptors (Lipinski definition) is 6. The molecule has 3 rings (SSSR count). The molecule has 1 fully saturated rings. The van der Waals surface area contributed by atoms with E-state index in [1.165, 1.54) is 4.88 Å². The van der Waals surface area contributed by atoms with Gasteiger partial charge < -0.3 is 9.42 Å². The number of likely N-dealkylation sites (tertiary alicyclic amines) is 1. The Morgan fingerprint density at radius 2 is 2.39 bits per heavy atom. The van der Waals surface area contributed by atoms with E-state index in [1.54, 1.807) is 11.3 Å². The summed E-state index contributed by atoms with van der Waals surface area (Å²) < 4.78 is 5.15. The third-order valence-electron chi connectivity index (χ3n) is 4.14. The van der Waals surface area contributed by atoms with Crippen molar-refractivity contribution in [2.45, 2.75) is 51.9 Å². The normalized spacial score (nSPS) is 18.3. The van der Waals surface area contributed by atoms with Gasteiger partial charge in [0.05, 0.1) is 5.01 Å². The van der Waals surface area contributed by atoms with Crippen LogP contribution in [-0.2, 0) is 17.6 Å². The molecule has 1 atom stereocenters. The van der Waals surface area contributed by atoms with Crippen molar-refractivity contribution in [2.75, 3.05) is 13.1 Å². The summed E-state index contributed by atoms with van der Waals surface area (Å²) in [7, 11) is 0. The fraction of sp³-hybridized carbons (Fsp3) is 0.625. The zero-order valence-electron chi connectivity index (χ0n) is 13.6. The molecule has 0 unspecified atom stereocenters. The molecular formula is C16H22N4O2S. The van der Waals surface area contributed by atoms with Gasteiger partial charge >= 0.3 is 0 Å². The zero-order chi connectivity index (χ0) is 16.2. The topological polar surface area (TPSA) is 72.1 Å². The van der Waals surface area contributed by atoms with Gasteiger partial charge in [0.1, 0.15) is 0 Å². The summed E-state index contributed by atoms with van der Waals surface area (Å²) in [5.41, 5.74) is 0. The first-order valence-electron chi connectivity index (χ1n) is 8.17. The maximum absolute atomic E-state index is 12.4. The minimum absolute atomic E-state index is 0.166. The van der Waals surface area contributed by atoms with E-state index in [4.69, 9.17) is 4.52 Å². The molecule has 1 aliphatic rings. The van der Waals surface area contributed by atoms with Gasteiger partial charge in [0, 0.05) is 49.3 Å². The number of carbonyl (C=O) groups excluding carboxylic acids is 1. The summed E-state index contributed by atoms with van der Waals surface area (Å²) in [5.74, 6) is 1.80. The van der Waals surface area contributed by atoms with E-state index in [-0.39, 0.29) is 5.91 Å². The smallest absolute Gasteiger partial charge is 0.227 e. The maximum Gasteiger partial charge on any atom is 0.227 e. The second kappa shape index (κ2) is 7.21. The number of rotatable bonds is 5. The molecule has 6 nitrogen and oxygen atoms in total. The molecule has 0 N–H and O–H groups in total. The molecular weight excluding hydrogens is 312 g/mol. The summed E-state index contributed by atoms with van der Waals surface area (Å²) in [6.45, 7) is 5.66. The molecule has 0 spiro atoms. The van der Waals surface area contributed by atoms with Gasteiger partial charge in [-0.25, -0.2) is 4.98 Å². The third kappa shape index (κ3) is 3.96. The Kier molecular flexibility index (Phi) is 5.05. The van der Waals surface area contributed by atoms with E-state index in [9.17, 15) is 4.79 Å². The van der Waals surface area contributed by atoms with Crippen LogP contribution in [0.25, 0.3) is 0 Å². The van der Waals surface area contributed by atoms with Crippen LogP contribution in [0.5, 0.6) is 0 Å². The van der Waals surface area contributed by atoms with Crippen LogP contribution in [0.4, 0.5) is 0 Å².